The lowest BCUT2D eigenvalue weighted by atomic mass is 10.1. The van der Waals surface area contributed by atoms with E-state index in [9.17, 15) is 14.9 Å². The van der Waals surface area contributed by atoms with E-state index < -0.39 is 11.1 Å². The molecule has 1 aliphatic rings. The third-order valence-corrected chi connectivity index (χ3v) is 5.55. The van der Waals surface area contributed by atoms with Gasteiger partial charge < -0.3 is 9.15 Å². The summed E-state index contributed by atoms with van der Waals surface area (Å²) >= 11 is 0.831. The molecule has 154 valence electrons. The minimum atomic E-state index is -0.443. The fourth-order valence-electron chi connectivity index (χ4n) is 3.31. The fourth-order valence-corrected chi connectivity index (χ4v) is 3.97. The van der Waals surface area contributed by atoms with Crippen molar-refractivity contribution in [2.24, 2.45) is 0 Å². The van der Waals surface area contributed by atoms with Gasteiger partial charge in [0, 0.05) is 29.4 Å². The number of carbonyl (C=O) groups excluding carboxylic acids is 2. The van der Waals surface area contributed by atoms with Crippen LogP contribution in [0.4, 0.5) is 4.79 Å². The van der Waals surface area contributed by atoms with Gasteiger partial charge >= 0.3 is 0 Å². The largest absolute Gasteiger partial charge is 0.456 e. The van der Waals surface area contributed by atoms with E-state index in [2.05, 4.69) is 16.4 Å². The van der Waals surface area contributed by atoms with Gasteiger partial charge in [0.05, 0.1) is 10.5 Å². The molecule has 2 aromatic heterocycles. The van der Waals surface area contributed by atoms with Gasteiger partial charge in [-0.25, -0.2) is 0 Å². The Bertz CT molecular complexity index is 1470. The third kappa shape index (κ3) is 3.73. The van der Waals surface area contributed by atoms with Gasteiger partial charge in [0.1, 0.15) is 28.9 Å². The number of furan rings is 1. The molecule has 4 aromatic rings. The summed E-state index contributed by atoms with van der Waals surface area (Å²) in [5, 5.41) is 11.9. The van der Waals surface area contributed by atoms with Crippen LogP contribution >= 0.6 is 11.8 Å². The number of ether oxygens (including phenoxy) is 1. The van der Waals surface area contributed by atoms with Gasteiger partial charge in [-0.15, -0.1) is 0 Å². The van der Waals surface area contributed by atoms with Crippen LogP contribution in [-0.4, -0.2) is 16.1 Å². The van der Waals surface area contributed by atoms with Crippen molar-refractivity contribution in [3.63, 3.8) is 0 Å². The molecule has 8 heteroatoms. The zero-order chi connectivity index (χ0) is 22.1. The van der Waals surface area contributed by atoms with Crippen molar-refractivity contribution in [1.29, 1.82) is 5.26 Å². The first-order chi connectivity index (χ1) is 15.6. The summed E-state index contributed by atoms with van der Waals surface area (Å²) in [6.07, 6.45) is 4.89. The van der Waals surface area contributed by atoms with Crippen molar-refractivity contribution in [3.8, 4) is 28.7 Å². The Labute approximate surface area is 186 Å². The Morgan fingerprint density at radius 2 is 1.97 bits per heavy atom. The molecule has 1 N–H and O–H groups in total. The number of hydrogen-bond acceptors (Lipinski definition) is 7. The number of thioether (sulfide) groups is 1. The maximum absolute atomic E-state index is 11.8. The molecular formula is C24H13N3O4S. The van der Waals surface area contributed by atoms with Crippen LogP contribution in [0.15, 0.2) is 76.3 Å². The summed E-state index contributed by atoms with van der Waals surface area (Å²) in [6.45, 7) is 0. The highest BCUT2D eigenvalue weighted by Gasteiger charge is 2.25. The molecule has 32 heavy (non-hydrogen) atoms. The molecule has 1 aliphatic heterocycles. The number of pyridine rings is 1. The molecule has 3 heterocycles. The molecule has 0 spiro atoms. The van der Waals surface area contributed by atoms with Crippen LogP contribution in [0.5, 0.6) is 11.5 Å². The summed E-state index contributed by atoms with van der Waals surface area (Å²) in [5.41, 5.74) is 2.59. The molecule has 1 fully saturated rings. The molecule has 0 bridgehead atoms. The average Bonchev–Trinajstić information content (AvgIpc) is 3.35. The monoisotopic (exact) mass is 439 g/mol. The van der Waals surface area contributed by atoms with Crippen LogP contribution in [0.1, 0.15) is 11.3 Å². The topological polar surface area (TPSA) is 105 Å². The summed E-state index contributed by atoms with van der Waals surface area (Å²) in [7, 11) is 0. The van der Waals surface area contributed by atoms with Crippen molar-refractivity contribution in [3.05, 3.63) is 83.2 Å². The van der Waals surface area contributed by atoms with Gasteiger partial charge in [-0.05, 0) is 47.7 Å². The van der Waals surface area contributed by atoms with Gasteiger partial charge in [0.15, 0.2) is 0 Å². The number of imide groups is 1. The average molecular weight is 439 g/mol. The highest BCUT2D eigenvalue weighted by atomic mass is 32.2. The summed E-state index contributed by atoms with van der Waals surface area (Å²) in [6, 6.07) is 18.3. The molecule has 7 nitrogen and oxygen atoms in total. The Balaban J connectivity index is 1.51. The lowest BCUT2D eigenvalue weighted by Crippen LogP contribution is -2.17. The molecule has 2 amide bonds. The Hall–Kier alpha value is -4.35. The molecular weight excluding hydrogens is 426 g/mol. The summed E-state index contributed by atoms with van der Waals surface area (Å²) in [4.78, 5) is 27.8. The predicted octanol–water partition coefficient (Wildman–Crippen LogP) is 5.48. The van der Waals surface area contributed by atoms with E-state index in [4.69, 9.17) is 9.15 Å². The van der Waals surface area contributed by atoms with E-state index in [0.29, 0.717) is 28.4 Å². The van der Waals surface area contributed by atoms with Crippen molar-refractivity contribution < 1.29 is 18.7 Å². The van der Waals surface area contributed by atoms with Crippen molar-refractivity contribution in [2.45, 2.75) is 0 Å². The second-order valence-electron chi connectivity index (χ2n) is 6.84. The van der Waals surface area contributed by atoms with Gasteiger partial charge in [0.25, 0.3) is 11.1 Å². The Kier molecular flexibility index (Phi) is 4.94. The number of nitrogens with one attached hydrogen (secondary N) is 1. The fraction of sp³-hybridized carbons (Fsp3) is 0. The number of nitriles is 1. The maximum Gasteiger partial charge on any atom is 0.290 e. The number of amides is 2. The third-order valence-electron chi connectivity index (χ3n) is 4.74. The molecule has 2 aromatic carbocycles. The van der Waals surface area contributed by atoms with Crippen molar-refractivity contribution >= 4 is 40.0 Å². The molecule has 0 aliphatic carbocycles. The summed E-state index contributed by atoms with van der Waals surface area (Å²) in [5.74, 6) is 1.03. The minimum Gasteiger partial charge on any atom is -0.456 e. The molecule has 0 atom stereocenters. The number of aromatic nitrogens is 1. The van der Waals surface area contributed by atoms with Crippen LogP contribution in [0.3, 0.4) is 0 Å². The molecule has 5 rings (SSSR count). The lowest BCUT2D eigenvalue weighted by molar-refractivity contribution is -0.115. The highest BCUT2D eigenvalue weighted by molar-refractivity contribution is 8.18. The number of hydrogen-bond donors (Lipinski definition) is 1. The number of fused-ring (bicyclic) bond motifs is 1. The second kappa shape index (κ2) is 8.06. The number of rotatable bonds is 4. The van der Waals surface area contributed by atoms with E-state index >= 15 is 0 Å². The van der Waals surface area contributed by atoms with E-state index in [-0.39, 0.29) is 4.91 Å². The number of benzene rings is 2. The zero-order valence-electron chi connectivity index (χ0n) is 16.4. The first-order valence-corrected chi connectivity index (χ1v) is 10.3. The van der Waals surface area contributed by atoms with Crippen LogP contribution in [0.2, 0.25) is 0 Å². The van der Waals surface area contributed by atoms with Gasteiger partial charge in [-0.1, -0.05) is 24.3 Å². The van der Waals surface area contributed by atoms with E-state index in [0.717, 1.165) is 28.3 Å². The second-order valence-corrected chi connectivity index (χ2v) is 7.86. The van der Waals surface area contributed by atoms with E-state index in [1.54, 1.807) is 48.8 Å². The lowest BCUT2D eigenvalue weighted by Gasteiger charge is -2.09. The van der Waals surface area contributed by atoms with Gasteiger partial charge in [-0.2, -0.15) is 5.26 Å². The quantitative estimate of drug-likeness (QED) is 0.420. The smallest absolute Gasteiger partial charge is 0.290 e. The van der Waals surface area contributed by atoms with Gasteiger partial charge in [-0.3, -0.25) is 19.9 Å². The number of para-hydroxylation sites is 1. The first kappa shape index (κ1) is 19.6. The molecule has 0 radical (unpaired) electrons. The minimum absolute atomic E-state index is 0.273. The first-order valence-electron chi connectivity index (χ1n) is 9.50. The van der Waals surface area contributed by atoms with Crippen LogP contribution in [-0.2, 0) is 4.79 Å². The van der Waals surface area contributed by atoms with Crippen LogP contribution < -0.4 is 10.1 Å². The SMILES string of the molecule is N#Cc1ccccc1Oc1cccc(-c2cncc3cc(/C=C4\SC(=O)NC4=O)oc23)c1. The van der Waals surface area contributed by atoms with E-state index in [1.165, 1.54) is 6.08 Å². The standard InChI is InChI=1S/C24H13N3O4S/c25-11-15-4-1-2-7-20(15)30-17-6-3-5-14(8-17)19-13-26-12-16-9-18(31-22(16)19)10-21-23(28)27-24(29)32-21/h1-10,12-13H,(H,27,28,29)/b21-10-. The van der Waals surface area contributed by atoms with Crippen LogP contribution in [0.25, 0.3) is 28.2 Å². The maximum atomic E-state index is 11.8. The number of nitrogens with zero attached hydrogens (tertiary/aromatic N) is 2. The zero-order valence-corrected chi connectivity index (χ0v) is 17.2. The van der Waals surface area contributed by atoms with E-state index in [1.807, 2.05) is 18.2 Å². The van der Waals surface area contributed by atoms with Gasteiger partial charge in [0.2, 0.25) is 0 Å². The van der Waals surface area contributed by atoms with Crippen molar-refractivity contribution in [1.82, 2.24) is 10.3 Å². The molecule has 0 unspecified atom stereocenters. The summed E-state index contributed by atoms with van der Waals surface area (Å²) < 4.78 is 11.9. The molecule has 0 saturated carbocycles. The van der Waals surface area contributed by atoms with Crippen molar-refractivity contribution in [2.75, 3.05) is 0 Å². The number of carbonyl (C=O) groups is 2. The molecule has 1 saturated heterocycles. The Morgan fingerprint density at radius 3 is 2.78 bits per heavy atom. The normalized spacial score (nSPS) is 14.5. The predicted molar refractivity (Wildman–Crippen MR) is 120 cm³/mol. The Morgan fingerprint density at radius 1 is 1.09 bits per heavy atom. The highest BCUT2D eigenvalue weighted by Crippen LogP contribution is 2.35. The van der Waals surface area contributed by atoms with Crippen LogP contribution in [0, 0.1) is 11.3 Å².